The van der Waals surface area contributed by atoms with E-state index >= 15 is 0 Å². The van der Waals surface area contributed by atoms with Crippen molar-refractivity contribution in [3.05, 3.63) is 29.8 Å². The average Bonchev–Trinajstić information content (AvgIpc) is 2.60. The molecule has 0 spiro atoms. The molecule has 2 N–H and O–H groups in total. The van der Waals surface area contributed by atoms with Gasteiger partial charge in [0, 0.05) is 38.1 Å². The Morgan fingerprint density at radius 1 is 1.43 bits per heavy atom. The van der Waals surface area contributed by atoms with Gasteiger partial charge in [-0.3, -0.25) is 15.2 Å². The molecule has 1 aromatic rings. The third-order valence-corrected chi connectivity index (χ3v) is 4.13. The minimum absolute atomic E-state index is 0.0132. The maximum absolute atomic E-state index is 11.4. The predicted octanol–water partition coefficient (Wildman–Crippen LogP) is 2.47. The van der Waals surface area contributed by atoms with Gasteiger partial charge in [-0.05, 0) is 24.1 Å². The Morgan fingerprint density at radius 3 is 2.83 bits per heavy atom. The van der Waals surface area contributed by atoms with Crippen LogP contribution in [0.15, 0.2) is 34.4 Å². The highest BCUT2D eigenvalue weighted by atomic mass is 32.2. The lowest BCUT2D eigenvalue weighted by molar-refractivity contribution is -0.115. The number of carbonyl (C=O) groups is 1. The second kappa shape index (κ2) is 9.32. The summed E-state index contributed by atoms with van der Waals surface area (Å²) in [4.78, 5) is 15.8. The molecule has 6 nitrogen and oxygen atoms in total. The van der Waals surface area contributed by atoms with E-state index in [0.29, 0.717) is 6.42 Å². The first-order valence-corrected chi connectivity index (χ1v) is 8.60. The molecular weight excluding hydrogens is 312 g/mol. The lowest BCUT2D eigenvalue weighted by Crippen LogP contribution is -2.25. The van der Waals surface area contributed by atoms with E-state index in [4.69, 9.17) is 4.74 Å². The molecule has 0 saturated carbocycles. The third kappa shape index (κ3) is 5.69. The smallest absolute Gasteiger partial charge is 0.224 e. The summed E-state index contributed by atoms with van der Waals surface area (Å²) in [5.74, 6) is 0.788. The van der Waals surface area contributed by atoms with Crippen LogP contribution in [0.3, 0.4) is 0 Å². The fourth-order valence-corrected chi connectivity index (χ4v) is 2.73. The number of rotatable bonds is 7. The molecule has 1 amide bonds. The van der Waals surface area contributed by atoms with Gasteiger partial charge in [0.05, 0.1) is 5.71 Å². The van der Waals surface area contributed by atoms with Gasteiger partial charge in [0.2, 0.25) is 5.91 Å². The maximum Gasteiger partial charge on any atom is 0.224 e. The van der Waals surface area contributed by atoms with E-state index in [1.807, 2.05) is 31.2 Å². The van der Waals surface area contributed by atoms with E-state index in [1.165, 1.54) is 0 Å². The summed E-state index contributed by atoms with van der Waals surface area (Å²) in [5.41, 5.74) is 5.81. The highest BCUT2D eigenvalue weighted by Crippen LogP contribution is 2.16. The topological polar surface area (TPSA) is 75.1 Å². The number of amidine groups is 1. The lowest BCUT2D eigenvalue weighted by Gasteiger charge is -2.15. The van der Waals surface area contributed by atoms with Crippen LogP contribution >= 0.6 is 11.8 Å². The number of anilines is 1. The summed E-state index contributed by atoms with van der Waals surface area (Å²) < 4.78 is 5.00. The minimum atomic E-state index is 0.0132. The van der Waals surface area contributed by atoms with Crippen LogP contribution in [0.2, 0.25) is 0 Å². The number of hydrogen-bond donors (Lipinski definition) is 2. The number of aliphatic imine (C=N–C) groups is 1. The highest BCUT2D eigenvalue weighted by Gasteiger charge is 2.12. The van der Waals surface area contributed by atoms with Crippen LogP contribution in [-0.2, 0) is 9.53 Å². The Hall–Kier alpha value is -1.86. The van der Waals surface area contributed by atoms with E-state index in [0.717, 1.165) is 47.5 Å². The standard InChI is InChI=1S/C16H22N4O2S/c1-3-15(21)18-13-7-5-12(6-8-13)14-11-23-16(20-19-14)17-9-4-10-22-2/h5-8H,3-4,9-11H2,1-2H3,(H,17,20)(H,18,21). The van der Waals surface area contributed by atoms with E-state index in [2.05, 4.69) is 20.8 Å². The zero-order valence-corrected chi connectivity index (χ0v) is 14.3. The van der Waals surface area contributed by atoms with Gasteiger partial charge in [0.1, 0.15) is 0 Å². The Bertz CT molecular complexity index is 584. The molecule has 1 aliphatic heterocycles. The quantitative estimate of drug-likeness (QED) is 0.751. The Kier molecular flexibility index (Phi) is 7.09. The SMILES string of the molecule is CCC(=O)Nc1ccc(C2=NNC(=NCCCOC)SC2)cc1. The van der Waals surface area contributed by atoms with Crippen molar-refractivity contribution in [2.45, 2.75) is 19.8 Å². The predicted molar refractivity (Wildman–Crippen MR) is 96.3 cm³/mol. The Labute approximate surface area is 140 Å². The van der Waals surface area contributed by atoms with Gasteiger partial charge in [-0.1, -0.05) is 30.8 Å². The van der Waals surface area contributed by atoms with Crippen LogP contribution in [0.4, 0.5) is 5.69 Å². The van der Waals surface area contributed by atoms with E-state index in [1.54, 1.807) is 18.9 Å². The molecule has 0 fully saturated rings. The first kappa shape index (κ1) is 17.5. The molecule has 7 heteroatoms. The molecule has 124 valence electrons. The lowest BCUT2D eigenvalue weighted by atomic mass is 10.1. The molecular formula is C16H22N4O2S. The third-order valence-electron chi connectivity index (χ3n) is 3.22. The second-order valence-corrected chi connectivity index (χ2v) is 5.94. The Balaban J connectivity index is 1.90. The summed E-state index contributed by atoms with van der Waals surface area (Å²) in [6, 6.07) is 7.72. The van der Waals surface area contributed by atoms with Crippen LogP contribution in [0, 0.1) is 0 Å². The number of amides is 1. The summed E-state index contributed by atoms with van der Waals surface area (Å²) in [6.45, 7) is 3.29. The molecule has 1 aromatic carbocycles. The molecule has 0 aromatic heterocycles. The highest BCUT2D eigenvalue weighted by molar-refractivity contribution is 8.14. The van der Waals surface area contributed by atoms with Crippen LogP contribution in [0.25, 0.3) is 0 Å². The first-order chi connectivity index (χ1) is 11.2. The van der Waals surface area contributed by atoms with Gasteiger partial charge in [0.15, 0.2) is 5.17 Å². The second-order valence-electron chi connectivity index (χ2n) is 4.97. The number of nitrogens with zero attached hydrogens (tertiary/aromatic N) is 2. The van der Waals surface area contributed by atoms with Gasteiger partial charge >= 0.3 is 0 Å². The van der Waals surface area contributed by atoms with Gasteiger partial charge in [-0.15, -0.1) is 0 Å². The zero-order chi connectivity index (χ0) is 16.5. The molecule has 0 unspecified atom stereocenters. The van der Waals surface area contributed by atoms with E-state index in [9.17, 15) is 4.79 Å². The van der Waals surface area contributed by atoms with Gasteiger partial charge in [-0.25, -0.2) is 0 Å². The molecule has 0 aliphatic carbocycles. The van der Waals surface area contributed by atoms with Crippen molar-refractivity contribution in [2.24, 2.45) is 10.1 Å². The number of thioether (sulfide) groups is 1. The fraction of sp³-hybridized carbons (Fsp3) is 0.438. The van der Waals surface area contributed by atoms with Crippen molar-refractivity contribution >= 4 is 34.2 Å². The van der Waals surface area contributed by atoms with Gasteiger partial charge in [-0.2, -0.15) is 5.10 Å². The van der Waals surface area contributed by atoms with Gasteiger partial charge in [0.25, 0.3) is 0 Å². The fourth-order valence-electron chi connectivity index (χ4n) is 1.93. The van der Waals surface area contributed by atoms with Crippen molar-refractivity contribution in [3.8, 4) is 0 Å². The normalized spacial score (nSPS) is 15.9. The molecule has 0 bridgehead atoms. The summed E-state index contributed by atoms with van der Waals surface area (Å²) in [6.07, 6.45) is 1.38. The number of methoxy groups -OCH3 is 1. The van der Waals surface area contributed by atoms with Crippen LogP contribution in [0.1, 0.15) is 25.3 Å². The van der Waals surface area contributed by atoms with Gasteiger partial charge < -0.3 is 10.1 Å². The number of hydrogen-bond acceptors (Lipinski definition) is 5. The van der Waals surface area contributed by atoms with Crippen molar-refractivity contribution in [1.29, 1.82) is 0 Å². The molecule has 23 heavy (non-hydrogen) atoms. The largest absolute Gasteiger partial charge is 0.385 e. The number of carbonyl (C=O) groups excluding carboxylic acids is 1. The molecule has 1 heterocycles. The molecule has 0 radical (unpaired) electrons. The summed E-state index contributed by atoms with van der Waals surface area (Å²) >= 11 is 1.64. The van der Waals surface area contributed by atoms with Crippen molar-refractivity contribution in [2.75, 3.05) is 31.3 Å². The molecule has 0 atom stereocenters. The molecule has 1 aliphatic rings. The summed E-state index contributed by atoms with van der Waals surface area (Å²) in [7, 11) is 1.69. The van der Waals surface area contributed by atoms with Crippen molar-refractivity contribution < 1.29 is 9.53 Å². The van der Waals surface area contributed by atoms with Crippen molar-refractivity contribution in [1.82, 2.24) is 5.43 Å². The molecule has 0 saturated heterocycles. The van der Waals surface area contributed by atoms with E-state index < -0.39 is 0 Å². The maximum atomic E-state index is 11.4. The van der Waals surface area contributed by atoms with Crippen LogP contribution in [0.5, 0.6) is 0 Å². The van der Waals surface area contributed by atoms with Crippen LogP contribution in [-0.4, -0.2) is 42.8 Å². The minimum Gasteiger partial charge on any atom is -0.385 e. The zero-order valence-electron chi connectivity index (χ0n) is 13.5. The monoisotopic (exact) mass is 334 g/mol. The number of benzene rings is 1. The Morgan fingerprint density at radius 2 is 2.22 bits per heavy atom. The van der Waals surface area contributed by atoms with Crippen molar-refractivity contribution in [3.63, 3.8) is 0 Å². The average molecular weight is 334 g/mol. The molecule has 2 rings (SSSR count). The van der Waals surface area contributed by atoms with Crippen LogP contribution < -0.4 is 10.7 Å². The number of hydrazone groups is 1. The summed E-state index contributed by atoms with van der Waals surface area (Å²) in [5, 5.41) is 8.06. The van der Waals surface area contributed by atoms with E-state index in [-0.39, 0.29) is 5.91 Å². The number of nitrogens with one attached hydrogen (secondary N) is 2. The number of ether oxygens (including phenoxy) is 1. The first-order valence-electron chi connectivity index (χ1n) is 7.62.